The molecule has 2 aliphatic heterocycles. The molecule has 23 heavy (non-hydrogen) atoms. The van der Waals surface area contributed by atoms with E-state index >= 15 is 0 Å². The molecule has 2 saturated heterocycles. The first kappa shape index (κ1) is 18.5. The maximum atomic E-state index is 12.5. The van der Waals surface area contributed by atoms with Gasteiger partial charge in [-0.05, 0) is 66.0 Å². The lowest BCUT2D eigenvalue weighted by Gasteiger charge is -2.44. The van der Waals surface area contributed by atoms with Crippen LogP contribution in [0.3, 0.4) is 0 Å². The van der Waals surface area contributed by atoms with Crippen molar-refractivity contribution in [3.8, 4) is 0 Å². The fraction of sp³-hybridized carbons (Fsp3) is 0.944. The maximum Gasteiger partial charge on any atom is 0.410 e. The molecule has 0 spiro atoms. The van der Waals surface area contributed by atoms with Crippen LogP contribution < -0.4 is 0 Å². The molecule has 0 radical (unpaired) electrons. The molecule has 0 aliphatic carbocycles. The Labute approximate surface area is 141 Å². The summed E-state index contributed by atoms with van der Waals surface area (Å²) in [5, 5.41) is 11.0. The quantitative estimate of drug-likeness (QED) is 0.844. The molecule has 2 unspecified atom stereocenters. The number of hydrogen-bond acceptors (Lipinski definition) is 4. The van der Waals surface area contributed by atoms with Crippen LogP contribution in [0, 0.1) is 0 Å². The summed E-state index contributed by atoms with van der Waals surface area (Å²) in [5.74, 6) is 0. The summed E-state index contributed by atoms with van der Waals surface area (Å²) in [6.07, 6.45) is 3.92. The van der Waals surface area contributed by atoms with Gasteiger partial charge >= 0.3 is 6.09 Å². The zero-order valence-corrected chi connectivity index (χ0v) is 15.5. The Morgan fingerprint density at radius 1 is 1.22 bits per heavy atom. The van der Waals surface area contributed by atoms with Gasteiger partial charge in [0.2, 0.25) is 0 Å². The number of carbonyl (C=O) groups is 1. The molecule has 1 amide bonds. The van der Waals surface area contributed by atoms with Crippen LogP contribution in [0.5, 0.6) is 0 Å². The third kappa shape index (κ3) is 4.60. The summed E-state index contributed by atoms with van der Waals surface area (Å²) in [4.78, 5) is 16.7. The van der Waals surface area contributed by atoms with Gasteiger partial charge in [0, 0.05) is 18.6 Å². The molecule has 2 rings (SSSR count). The van der Waals surface area contributed by atoms with Crippen molar-refractivity contribution in [1.29, 1.82) is 0 Å². The van der Waals surface area contributed by atoms with E-state index in [1.807, 2.05) is 25.7 Å². The first-order valence-corrected chi connectivity index (χ1v) is 9.13. The zero-order valence-electron chi connectivity index (χ0n) is 15.5. The van der Waals surface area contributed by atoms with Crippen LogP contribution in [-0.2, 0) is 4.74 Å². The van der Waals surface area contributed by atoms with E-state index in [0.29, 0.717) is 12.8 Å². The van der Waals surface area contributed by atoms with Gasteiger partial charge in [-0.2, -0.15) is 0 Å². The Hall–Kier alpha value is -0.810. The van der Waals surface area contributed by atoms with E-state index < -0.39 is 11.2 Å². The molecule has 2 atom stereocenters. The molecule has 0 aromatic heterocycles. The summed E-state index contributed by atoms with van der Waals surface area (Å²) in [6.45, 7) is 13.0. The topological polar surface area (TPSA) is 53.0 Å². The van der Waals surface area contributed by atoms with Gasteiger partial charge < -0.3 is 19.6 Å². The third-order valence-electron chi connectivity index (χ3n) is 5.24. The summed E-state index contributed by atoms with van der Waals surface area (Å²) in [6, 6.07) is 0.260. The highest BCUT2D eigenvalue weighted by atomic mass is 16.6. The average molecular weight is 326 g/mol. The van der Waals surface area contributed by atoms with E-state index in [1.165, 1.54) is 0 Å². The van der Waals surface area contributed by atoms with Crippen molar-refractivity contribution in [3.05, 3.63) is 0 Å². The molecule has 2 fully saturated rings. The lowest BCUT2D eigenvalue weighted by Crippen LogP contribution is -2.54. The van der Waals surface area contributed by atoms with Gasteiger partial charge in [-0.25, -0.2) is 4.79 Å². The number of amides is 1. The highest BCUT2D eigenvalue weighted by molar-refractivity contribution is 5.69. The van der Waals surface area contributed by atoms with Crippen LogP contribution in [0.25, 0.3) is 0 Å². The number of fused-ring (bicyclic) bond motifs is 2. The molecule has 2 aliphatic rings. The van der Waals surface area contributed by atoms with Gasteiger partial charge in [0.15, 0.2) is 0 Å². The third-order valence-corrected chi connectivity index (χ3v) is 5.24. The zero-order chi connectivity index (χ0) is 17.3. The van der Waals surface area contributed by atoms with Crippen molar-refractivity contribution < 1.29 is 14.6 Å². The summed E-state index contributed by atoms with van der Waals surface area (Å²) < 4.78 is 5.56. The fourth-order valence-corrected chi connectivity index (χ4v) is 4.05. The number of rotatable bonds is 5. The first-order valence-electron chi connectivity index (χ1n) is 9.13. The smallest absolute Gasteiger partial charge is 0.410 e. The van der Waals surface area contributed by atoms with Crippen LogP contribution in [0.2, 0.25) is 0 Å². The predicted molar refractivity (Wildman–Crippen MR) is 91.5 cm³/mol. The average Bonchev–Trinajstić information content (AvgIpc) is 2.71. The van der Waals surface area contributed by atoms with Crippen molar-refractivity contribution in [3.63, 3.8) is 0 Å². The monoisotopic (exact) mass is 326 g/mol. The minimum atomic E-state index is -0.632. The Kier molecular flexibility index (Phi) is 5.62. The number of carbonyl (C=O) groups excluding carboxylic acids is 1. The molecule has 2 bridgehead atoms. The van der Waals surface area contributed by atoms with Gasteiger partial charge in [0.1, 0.15) is 5.60 Å². The lowest BCUT2D eigenvalue weighted by molar-refractivity contribution is -0.0656. The van der Waals surface area contributed by atoms with E-state index in [-0.39, 0.29) is 18.2 Å². The summed E-state index contributed by atoms with van der Waals surface area (Å²) >= 11 is 0. The largest absolute Gasteiger partial charge is 0.444 e. The van der Waals surface area contributed by atoms with Crippen LogP contribution >= 0.6 is 0 Å². The lowest BCUT2D eigenvalue weighted by atomic mass is 9.83. The minimum Gasteiger partial charge on any atom is -0.444 e. The number of nitrogens with zero attached hydrogens (tertiary/aromatic N) is 2. The molecule has 134 valence electrons. The molecule has 2 heterocycles. The SMILES string of the molecule is CCN(CC)CCC1(O)CC2CCC(C1)N2C(=O)OC(C)(C)C. The second kappa shape index (κ2) is 6.98. The van der Waals surface area contributed by atoms with Gasteiger partial charge in [-0.15, -0.1) is 0 Å². The van der Waals surface area contributed by atoms with Gasteiger partial charge in [-0.3, -0.25) is 0 Å². The van der Waals surface area contributed by atoms with Crippen molar-refractivity contribution in [2.24, 2.45) is 0 Å². The molecule has 5 nitrogen and oxygen atoms in total. The second-order valence-electron chi connectivity index (χ2n) is 8.18. The number of ether oxygens (including phenoxy) is 1. The molecular formula is C18H34N2O3. The van der Waals surface area contributed by atoms with Gasteiger partial charge in [0.05, 0.1) is 5.60 Å². The van der Waals surface area contributed by atoms with Gasteiger partial charge in [0.25, 0.3) is 0 Å². The van der Waals surface area contributed by atoms with Crippen molar-refractivity contribution in [1.82, 2.24) is 9.80 Å². The fourth-order valence-electron chi connectivity index (χ4n) is 4.05. The molecule has 1 N–H and O–H groups in total. The van der Waals surface area contributed by atoms with Crippen LogP contribution in [0.4, 0.5) is 4.79 Å². The predicted octanol–water partition coefficient (Wildman–Crippen LogP) is 3.01. The Balaban J connectivity index is 1.97. The number of aliphatic hydroxyl groups is 1. The molecule has 0 aromatic rings. The highest BCUT2D eigenvalue weighted by Crippen LogP contribution is 2.43. The van der Waals surface area contributed by atoms with Crippen LogP contribution in [0.1, 0.15) is 66.7 Å². The summed E-state index contributed by atoms with van der Waals surface area (Å²) in [7, 11) is 0. The van der Waals surface area contributed by atoms with Crippen LogP contribution in [0.15, 0.2) is 0 Å². The van der Waals surface area contributed by atoms with E-state index in [4.69, 9.17) is 4.74 Å². The van der Waals surface area contributed by atoms with Crippen LogP contribution in [-0.4, -0.2) is 63.9 Å². The Morgan fingerprint density at radius 2 is 1.74 bits per heavy atom. The number of piperidine rings is 1. The Morgan fingerprint density at radius 3 is 2.17 bits per heavy atom. The van der Waals surface area contributed by atoms with E-state index in [9.17, 15) is 9.90 Å². The van der Waals surface area contributed by atoms with E-state index in [1.54, 1.807) is 0 Å². The second-order valence-corrected chi connectivity index (χ2v) is 8.18. The first-order chi connectivity index (χ1) is 10.7. The van der Waals surface area contributed by atoms with Crippen molar-refractivity contribution in [2.75, 3.05) is 19.6 Å². The normalized spacial score (nSPS) is 30.8. The standard InChI is InChI=1S/C18H34N2O3/c1-6-19(7-2)11-10-18(22)12-14-8-9-15(13-18)20(14)16(21)23-17(3,4)5/h14-15,22H,6-13H2,1-5H3. The molecular weight excluding hydrogens is 292 g/mol. The molecule has 0 saturated carbocycles. The molecule has 0 aromatic carbocycles. The number of hydrogen-bond donors (Lipinski definition) is 1. The molecule has 5 heteroatoms. The van der Waals surface area contributed by atoms with E-state index in [0.717, 1.165) is 38.9 Å². The van der Waals surface area contributed by atoms with Crippen molar-refractivity contribution in [2.45, 2.75) is 90.0 Å². The van der Waals surface area contributed by atoms with Crippen molar-refractivity contribution >= 4 is 6.09 Å². The minimum absolute atomic E-state index is 0.130. The maximum absolute atomic E-state index is 12.5. The van der Waals surface area contributed by atoms with E-state index in [2.05, 4.69) is 18.7 Å². The van der Waals surface area contributed by atoms with Gasteiger partial charge in [-0.1, -0.05) is 13.8 Å². The summed E-state index contributed by atoms with van der Waals surface area (Å²) in [5.41, 5.74) is -1.10. The highest BCUT2D eigenvalue weighted by Gasteiger charge is 2.50. The Bertz CT molecular complexity index is 401.